The van der Waals surface area contributed by atoms with Crippen LogP contribution in [0.15, 0.2) is 4.21 Å². The first kappa shape index (κ1) is 13.3. The Morgan fingerprint density at radius 1 is 1.50 bits per heavy atom. The van der Waals surface area contributed by atoms with Crippen LogP contribution in [0.1, 0.15) is 24.5 Å². The minimum Gasteiger partial charge on any atom is -0.229 e. The molecular formula is C7H9ClN6O2S2. The Kier molecular flexibility index (Phi) is 3.61. The summed E-state index contributed by atoms with van der Waals surface area (Å²) in [5.41, 5.74) is 0.359. The van der Waals surface area contributed by atoms with Crippen LogP contribution in [0.4, 0.5) is 0 Å². The molecule has 98 valence electrons. The molecule has 2 N–H and O–H groups in total. The van der Waals surface area contributed by atoms with Gasteiger partial charge in [-0.25, -0.2) is 13.4 Å². The second-order valence-electron chi connectivity index (χ2n) is 3.45. The van der Waals surface area contributed by atoms with Gasteiger partial charge in [0, 0.05) is 0 Å². The van der Waals surface area contributed by atoms with Gasteiger partial charge < -0.3 is 0 Å². The van der Waals surface area contributed by atoms with E-state index in [1.165, 1.54) is 0 Å². The summed E-state index contributed by atoms with van der Waals surface area (Å²) < 4.78 is 26.9. The molecule has 0 bridgehead atoms. The molecule has 0 aliphatic heterocycles. The molecule has 0 aliphatic carbocycles. The van der Waals surface area contributed by atoms with E-state index >= 15 is 0 Å². The molecule has 0 fully saturated rings. The minimum atomic E-state index is -3.70. The first-order valence-electron chi connectivity index (χ1n) is 4.79. The molecule has 0 radical (unpaired) electrons. The number of H-pyrrole nitrogens is 1. The quantitative estimate of drug-likeness (QED) is 0.857. The summed E-state index contributed by atoms with van der Waals surface area (Å²) in [4.78, 5) is 3.86. The molecule has 11 heteroatoms. The molecule has 18 heavy (non-hydrogen) atoms. The van der Waals surface area contributed by atoms with E-state index in [0.29, 0.717) is 5.69 Å². The first-order chi connectivity index (χ1) is 8.40. The van der Waals surface area contributed by atoms with E-state index in [1.807, 2.05) is 0 Å². The van der Waals surface area contributed by atoms with Gasteiger partial charge in [-0.2, -0.15) is 9.94 Å². The number of rotatable bonds is 4. The van der Waals surface area contributed by atoms with E-state index < -0.39 is 16.1 Å². The Hall–Kier alpha value is -1.10. The molecule has 0 saturated heterocycles. The van der Waals surface area contributed by atoms with Gasteiger partial charge in [-0.15, -0.1) is 10.2 Å². The molecule has 8 nitrogen and oxygen atoms in total. The van der Waals surface area contributed by atoms with Crippen LogP contribution in [0.3, 0.4) is 0 Å². The van der Waals surface area contributed by atoms with Gasteiger partial charge in [0.2, 0.25) is 0 Å². The maximum absolute atomic E-state index is 12.1. The number of aromatic nitrogens is 5. The lowest BCUT2D eigenvalue weighted by Gasteiger charge is -2.09. The second kappa shape index (κ2) is 4.88. The number of tetrazole rings is 1. The number of aryl methyl sites for hydroxylation is 1. The highest BCUT2D eigenvalue weighted by Gasteiger charge is 2.25. The van der Waals surface area contributed by atoms with E-state index in [2.05, 4.69) is 30.3 Å². The molecule has 2 aromatic heterocycles. The largest absolute Gasteiger partial charge is 0.252 e. The van der Waals surface area contributed by atoms with E-state index in [-0.39, 0.29) is 14.5 Å². The highest BCUT2D eigenvalue weighted by molar-refractivity contribution is 7.91. The summed E-state index contributed by atoms with van der Waals surface area (Å²) in [5.74, 6) is 0.256. The molecule has 2 aromatic rings. The van der Waals surface area contributed by atoms with Crippen LogP contribution in [0.2, 0.25) is 4.47 Å². The number of aromatic amines is 1. The third kappa shape index (κ3) is 2.66. The summed E-state index contributed by atoms with van der Waals surface area (Å²) in [5, 5.41) is 13.0. The molecule has 0 amide bonds. The highest BCUT2D eigenvalue weighted by atomic mass is 35.5. The fourth-order valence-electron chi connectivity index (χ4n) is 1.29. The van der Waals surface area contributed by atoms with Gasteiger partial charge in [-0.05, 0) is 13.8 Å². The third-order valence-corrected chi connectivity index (χ3v) is 5.47. The fourth-order valence-corrected chi connectivity index (χ4v) is 4.25. The molecule has 0 saturated carbocycles. The molecular weight excluding hydrogens is 300 g/mol. The number of hydrogen-bond donors (Lipinski definition) is 2. The van der Waals surface area contributed by atoms with Crippen molar-refractivity contribution < 1.29 is 8.42 Å². The van der Waals surface area contributed by atoms with Gasteiger partial charge >= 0.3 is 0 Å². The number of thiazole rings is 1. The third-order valence-electron chi connectivity index (χ3n) is 2.05. The topological polar surface area (TPSA) is 114 Å². The zero-order valence-electron chi connectivity index (χ0n) is 9.38. The molecule has 2 rings (SSSR count). The van der Waals surface area contributed by atoms with Crippen LogP contribution in [0.5, 0.6) is 0 Å². The van der Waals surface area contributed by atoms with Crippen molar-refractivity contribution in [3.8, 4) is 0 Å². The van der Waals surface area contributed by atoms with Crippen molar-refractivity contribution in [3.63, 3.8) is 0 Å². The smallest absolute Gasteiger partial charge is 0.229 e. The van der Waals surface area contributed by atoms with Crippen molar-refractivity contribution in [2.45, 2.75) is 24.1 Å². The van der Waals surface area contributed by atoms with Crippen molar-refractivity contribution in [1.82, 2.24) is 30.3 Å². The van der Waals surface area contributed by atoms with Crippen LogP contribution >= 0.6 is 22.9 Å². The SMILES string of the molecule is Cc1nc(Cl)sc1S(=O)(=O)NC(C)c1nn[nH]n1. The van der Waals surface area contributed by atoms with Gasteiger partial charge in [0.05, 0.1) is 11.7 Å². The van der Waals surface area contributed by atoms with Crippen molar-refractivity contribution in [1.29, 1.82) is 0 Å². The number of nitrogens with zero attached hydrogens (tertiary/aromatic N) is 4. The van der Waals surface area contributed by atoms with Crippen molar-refractivity contribution >= 4 is 33.0 Å². The lowest BCUT2D eigenvalue weighted by atomic mass is 10.4. The summed E-state index contributed by atoms with van der Waals surface area (Å²) >= 11 is 6.58. The minimum absolute atomic E-state index is 0.0860. The molecule has 2 heterocycles. The monoisotopic (exact) mass is 308 g/mol. The van der Waals surface area contributed by atoms with E-state index in [9.17, 15) is 8.42 Å². The Labute approximate surface area is 112 Å². The predicted molar refractivity (Wildman–Crippen MR) is 64.8 cm³/mol. The van der Waals surface area contributed by atoms with Gasteiger partial charge in [-0.1, -0.05) is 28.2 Å². The second-order valence-corrected chi connectivity index (χ2v) is 6.94. The summed E-state index contributed by atoms with van der Waals surface area (Å²) in [6.07, 6.45) is 0. The highest BCUT2D eigenvalue weighted by Crippen LogP contribution is 2.27. The first-order valence-corrected chi connectivity index (χ1v) is 7.46. The van der Waals surface area contributed by atoms with Crippen LogP contribution in [-0.4, -0.2) is 34.0 Å². The lowest BCUT2D eigenvalue weighted by Crippen LogP contribution is -2.27. The number of sulfonamides is 1. The van der Waals surface area contributed by atoms with Crippen LogP contribution in [-0.2, 0) is 10.0 Å². The Morgan fingerprint density at radius 2 is 2.22 bits per heavy atom. The Bertz CT molecular complexity index is 637. The predicted octanol–water partition coefficient (Wildman–Crippen LogP) is 0.658. The zero-order chi connectivity index (χ0) is 13.3. The summed E-state index contributed by atoms with van der Waals surface area (Å²) in [6.45, 7) is 3.19. The Balaban J connectivity index is 2.25. The number of halogens is 1. The standard InChI is InChI=1S/C7H9ClN6O2S2/c1-3(5-10-13-14-11-5)12-18(15,16)6-4(2)9-7(8)17-6/h3,12H,1-2H3,(H,10,11,13,14). The molecule has 0 spiro atoms. The molecule has 0 aliphatic rings. The van der Waals surface area contributed by atoms with Gasteiger partial charge in [0.25, 0.3) is 10.0 Å². The van der Waals surface area contributed by atoms with Crippen LogP contribution < -0.4 is 4.72 Å². The van der Waals surface area contributed by atoms with Crippen molar-refractivity contribution in [2.75, 3.05) is 0 Å². The normalized spacial score (nSPS) is 13.7. The average molecular weight is 309 g/mol. The van der Waals surface area contributed by atoms with Gasteiger partial charge in [0.1, 0.15) is 0 Å². The Morgan fingerprint density at radius 3 is 2.72 bits per heavy atom. The summed E-state index contributed by atoms with van der Waals surface area (Å²) in [6, 6.07) is -0.603. The molecule has 1 unspecified atom stereocenters. The van der Waals surface area contributed by atoms with Gasteiger partial charge in [0.15, 0.2) is 14.5 Å². The lowest BCUT2D eigenvalue weighted by molar-refractivity contribution is 0.561. The molecule has 1 atom stereocenters. The maximum atomic E-state index is 12.1. The number of hydrogen-bond acceptors (Lipinski definition) is 7. The van der Waals surface area contributed by atoms with Gasteiger partial charge in [-0.3, -0.25) is 0 Å². The van der Waals surface area contributed by atoms with Crippen LogP contribution in [0, 0.1) is 6.92 Å². The maximum Gasteiger partial charge on any atom is 0.252 e. The van der Waals surface area contributed by atoms with E-state index in [1.54, 1.807) is 13.8 Å². The van der Waals surface area contributed by atoms with E-state index in [4.69, 9.17) is 11.6 Å². The average Bonchev–Trinajstić information content (AvgIpc) is 2.86. The number of nitrogens with one attached hydrogen (secondary N) is 2. The van der Waals surface area contributed by atoms with E-state index in [0.717, 1.165) is 11.3 Å². The van der Waals surface area contributed by atoms with Crippen molar-refractivity contribution in [3.05, 3.63) is 16.0 Å². The summed E-state index contributed by atoms with van der Waals surface area (Å²) in [7, 11) is -3.70. The van der Waals surface area contributed by atoms with Crippen molar-refractivity contribution in [2.24, 2.45) is 0 Å². The zero-order valence-corrected chi connectivity index (χ0v) is 11.8. The fraction of sp³-hybridized carbons (Fsp3) is 0.429. The molecule has 0 aromatic carbocycles. The van der Waals surface area contributed by atoms with Crippen LogP contribution in [0.25, 0.3) is 0 Å².